The number of furan rings is 4. The number of phenolic OH excluding ortho intramolecular Hbond substituents is 4. The highest BCUT2D eigenvalue weighted by Crippen LogP contribution is 2.50. The van der Waals surface area contributed by atoms with Crippen molar-refractivity contribution in [3.63, 3.8) is 0 Å². The van der Waals surface area contributed by atoms with E-state index >= 15 is 0 Å². The van der Waals surface area contributed by atoms with Crippen molar-refractivity contribution in [3.05, 3.63) is 239 Å². The Hall–Kier alpha value is -13.8. The van der Waals surface area contributed by atoms with Gasteiger partial charge in [-0.3, -0.25) is 19.2 Å². The summed E-state index contributed by atoms with van der Waals surface area (Å²) in [6.07, 6.45) is 17.4. The number of phenols is 4. The molecular formula is C81H65FO22. The second-order valence-corrected chi connectivity index (χ2v) is 22.3. The van der Waals surface area contributed by atoms with Crippen molar-refractivity contribution in [2.45, 2.75) is 0 Å². The maximum Gasteiger partial charge on any atom is 0.231 e. The zero-order valence-electron chi connectivity index (χ0n) is 56.9. The third-order valence-electron chi connectivity index (χ3n) is 16.4. The molecule has 0 saturated heterocycles. The molecule has 528 valence electrons. The van der Waals surface area contributed by atoms with Crippen LogP contribution in [-0.2, 0) is 0 Å². The maximum atomic E-state index is 13.7. The molecule has 0 spiro atoms. The molecule has 22 nitrogen and oxygen atoms in total. The first-order valence-electron chi connectivity index (χ1n) is 31.5. The summed E-state index contributed by atoms with van der Waals surface area (Å²) in [5.41, 5.74) is 3.98. The van der Waals surface area contributed by atoms with E-state index in [1.54, 1.807) is 72.8 Å². The van der Waals surface area contributed by atoms with Gasteiger partial charge in [0.1, 0.15) is 51.1 Å². The number of methoxy groups -OCH3 is 8. The number of hydrogen-bond acceptors (Lipinski definition) is 22. The summed E-state index contributed by atoms with van der Waals surface area (Å²) >= 11 is 0. The van der Waals surface area contributed by atoms with E-state index in [4.69, 9.17) is 65.0 Å². The van der Waals surface area contributed by atoms with E-state index in [2.05, 4.69) is 0 Å². The Labute approximate surface area is 591 Å². The first kappa shape index (κ1) is 71.5. The third kappa shape index (κ3) is 14.3. The quantitative estimate of drug-likeness (QED) is 0.0407. The second kappa shape index (κ2) is 32.0. The van der Waals surface area contributed by atoms with Gasteiger partial charge in [0.25, 0.3) is 0 Å². The van der Waals surface area contributed by atoms with Gasteiger partial charge < -0.3 is 85.5 Å². The van der Waals surface area contributed by atoms with E-state index in [9.17, 15) is 44.0 Å². The standard InChI is InChI=1S/C23H18O5.C20H16O7.C19H15FO5.C19H16O5/c1-26-21-17-11-12-28-22(17)23(27-2)20(25)19(21)18(24)10-8-14-7-9-15-5-3-4-6-16(15)13-14;1-23-18-12-7-8-25-19(12)20(24-2)17(22)16(18)13(21)5-3-11-4-6-14-15(9-11)27-10-26-14;1-23-17-12-9-10-25-18(12)19(24-2)16(22)15(17)14(21)8-7-11-5-3-4-6-13(11)20;1-22-17-13-10-11-24-18(13)19(23-2)16(21)15(17)14(20)9-8-12-6-4-3-5-7-12/h3-13,25H,1-2H3;3-9,22H,10H2,1-2H3;3-10,22H,1-2H3;3-11,21H,1-2H3/b10-8+;5-3+;8-7+;9-8+. The minimum absolute atomic E-state index is 0.000225. The molecule has 5 heterocycles. The Balaban J connectivity index is 0.000000139. The number of ketones is 4. The Morgan fingerprint density at radius 2 is 0.683 bits per heavy atom. The molecule has 13 aromatic rings. The Morgan fingerprint density at radius 3 is 1.09 bits per heavy atom. The number of rotatable bonds is 20. The van der Waals surface area contributed by atoms with Crippen LogP contribution in [0.5, 0.6) is 80.5 Å². The van der Waals surface area contributed by atoms with Gasteiger partial charge in [0.2, 0.25) is 29.8 Å². The number of halogens is 1. The van der Waals surface area contributed by atoms with Gasteiger partial charge in [0, 0.05) is 5.56 Å². The lowest BCUT2D eigenvalue weighted by molar-refractivity contribution is 0.103. The molecular weight excluding hydrogens is 1340 g/mol. The van der Waals surface area contributed by atoms with Crippen LogP contribution in [0.15, 0.2) is 207 Å². The third-order valence-corrected chi connectivity index (χ3v) is 16.4. The van der Waals surface area contributed by atoms with Crippen molar-refractivity contribution in [2.75, 3.05) is 63.7 Å². The molecule has 0 amide bonds. The number of carbonyl (C=O) groups is 4. The average Bonchev–Trinajstić information content (AvgIpc) is 1.49. The molecule has 4 aromatic heterocycles. The van der Waals surface area contributed by atoms with E-state index in [1.807, 2.05) is 72.8 Å². The van der Waals surface area contributed by atoms with Crippen LogP contribution in [0.3, 0.4) is 0 Å². The topological polar surface area (TPSA) is 294 Å². The Kier molecular flexibility index (Phi) is 22.0. The number of benzene rings is 9. The van der Waals surface area contributed by atoms with Gasteiger partial charge in [-0.05, 0) is 106 Å². The fraction of sp³-hybridized carbons (Fsp3) is 0.111. The van der Waals surface area contributed by atoms with Crippen molar-refractivity contribution in [2.24, 2.45) is 0 Å². The molecule has 0 saturated carbocycles. The molecule has 14 rings (SSSR count). The molecule has 0 fully saturated rings. The van der Waals surface area contributed by atoms with E-state index in [0.29, 0.717) is 49.8 Å². The molecule has 0 atom stereocenters. The van der Waals surface area contributed by atoms with Crippen LogP contribution < -0.4 is 47.4 Å². The van der Waals surface area contributed by atoms with Gasteiger partial charge in [0.05, 0.1) is 103 Å². The van der Waals surface area contributed by atoms with Crippen molar-refractivity contribution < 1.29 is 109 Å². The fourth-order valence-corrected chi connectivity index (χ4v) is 11.5. The molecule has 0 unspecified atom stereocenters. The SMILES string of the molecule is COc1c(C(=O)/C=C/c2ccc3c(c2)OCO3)c(O)c(OC)c2occc12.COc1c(C(=O)/C=C/c2ccc3ccccc3c2)c(O)c(OC)c2occc12.COc1c(C(=O)/C=C/c2ccccc2)c(O)c(OC)c2occc12.COc1c(C(=O)/C=C/c2ccccc2F)c(O)c(OC)c2occc12. The van der Waals surface area contributed by atoms with Crippen molar-refractivity contribution in [1.82, 2.24) is 0 Å². The molecule has 0 aliphatic carbocycles. The minimum Gasteiger partial charge on any atom is -0.504 e. The molecule has 0 radical (unpaired) electrons. The van der Waals surface area contributed by atoms with Gasteiger partial charge in [-0.15, -0.1) is 0 Å². The summed E-state index contributed by atoms with van der Waals surface area (Å²) in [5.74, 6) is -1.13. The van der Waals surface area contributed by atoms with E-state index < -0.39 is 34.7 Å². The largest absolute Gasteiger partial charge is 0.504 e. The highest BCUT2D eigenvalue weighted by molar-refractivity contribution is 6.18. The zero-order valence-corrected chi connectivity index (χ0v) is 56.9. The number of aromatic hydroxyl groups is 4. The molecule has 0 bridgehead atoms. The first-order chi connectivity index (χ1) is 50.5. The lowest BCUT2D eigenvalue weighted by Gasteiger charge is -2.13. The van der Waals surface area contributed by atoms with E-state index in [1.165, 1.54) is 124 Å². The number of allylic oxidation sites excluding steroid dienone is 4. The average molecular weight is 1410 g/mol. The summed E-state index contributed by atoms with van der Waals surface area (Å²) in [6, 6.07) is 41.3. The van der Waals surface area contributed by atoms with Gasteiger partial charge in [-0.2, -0.15) is 0 Å². The van der Waals surface area contributed by atoms with Gasteiger partial charge in [-0.25, -0.2) is 4.39 Å². The summed E-state index contributed by atoms with van der Waals surface area (Å²) < 4.78 is 87.8. The number of ether oxygens (including phenoxy) is 10. The normalized spacial score (nSPS) is 11.6. The monoisotopic (exact) mass is 1410 g/mol. The lowest BCUT2D eigenvalue weighted by Crippen LogP contribution is -2.02. The van der Waals surface area contributed by atoms with Crippen LogP contribution in [0.2, 0.25) is 0 Å². The summed E-state index contributed by atoms with van der Waals surface area (Å²) in [6.45, 7) is 0.178. The summed E-state index contributed by atoms with van der Waals surface area (Å²) in [5, 5.41) is 46.4. The maximum absolute atomic E-state index is 13.7. The highest BCUT2D eigenvalue weighted by atomic mass is 19.1. The predicted octanol–water partition coefficient (Wildman–Crippen LogP) is 17.2. The molecule has 9 aromatic carbocycles. The summed E-state index contributed by atoms with van der Waals surface area (Å²) in [4.78, 5) is 51.0. The number of hydrogen-bond donors (Lipinski definition) is 4. The van der Waals surface area contributed by atoms with Crippen LogP contribution >= 0.6 is 0 Å². The first-order valence-corrected chi connectivity index (χ1v) is 31.5. The van der Waals surface area contributed by atoms with Crippen LogP contribution in [0.4, 0.5) is 4.39 Å². The Morgan fingerprint density at radius 1 is 0.346 bits per heavy atom. The highest BCUT2D eigenvalue weighted by Gasteiger charge is 2.31. The van der Waals surface area contributed by atoms with Crippen LogP contribution in [-0.4, -0.2) is 107 Å². The molecule has 1 aliphatic heterocycles. The summed E-state index contributed by atoms with van der Waals surface area (Å²) in [7, 11) is 11.2. The smallest absolute Gasteiger partial charge is 0.231 e. The van der Waals surface area contributed by atoms with Gasteiger partial charge in [-0.1, -0.05) is 109 Å². The minimum atomic E-state index is -0.556. The lowest BCUT2D eigenvalue weighted by atomic mass is 10.0. The molecule has 104 heavy (non-hydrogen) atoms. The Bertz CT molecular complexity index is 5510. The van der Waals surface area contributed by atoms with Gasteiger partial charge in [0.15, 0.2) is 80.0 Å². The van der Waals surface area contributed by atoms with E-state index in [-0.39, 0.29) is 103 Å². The van der Waals surface area contributed by atoms with Crippen molar-refractivity contribution in [1.29, 1.82) is 0 Å². The predicted molar refractivity (Wildman–Crippen MR) is 387 cm³/mol. The molecule has 23 heteroatoms. The van der Waals surface area contributed by atoms with Crippen LogP contribution in [0.1, 0.15) is 63.7 Å². The van der Waals surface area contributed by atoms with Crippen molar-refractivity contribution >= 4 is 102 Å². The van der Waals surface area contributed by atoms with Crippen molar-refractivity contribution in [3.8, 4) is 80.5 Å². The molecule has 4 N–H and O–H groups in total. The van der Waals surface area contributed by atoms with Gasteiger partial charge >= 0.3 is 0 Å². The van der Waals surface area contributed by atoms with Crippen LogP contribution in [0, 0.1) is 5.82 Å². The zero-order chi connectivity index (χ0) is 73.7. The number of fused-ring (bicyclic) bond motifs is 6. The number of carbonyl (C=O) groups excluding carboxylic acids is 4. The van der Waals surface area contributed by atoms with Crippen LogP contribution in [0.25, 0.3) is 79.0 Å². The fourth-order valence-electron chi connectivity index (χ4n) is 11.5. The second-order valence-electron chi connectivity index (χ2n) is 22.3. The molecule has 1 aliphatic rings. The van der Waals surface area contributed by atoms with E-state index in [0.717, 1.165) is 27.5 Å².